The van der Waals surface area contributed by atoms with E-state index in [0.717, 1.165) is 15.7 Å². The lowest BCUT2D eigenvalue weighted by molar-refractivity contribution is 0.402. The van der Waals surface area contributed by atoms with E-state index in [4.69, 9.17) is 4.74 Å². The Labute approximate surface area is 127 Å². The summed E-state index contributed by atoms with van der Waals surface area (Å²) in [5.74, 6) is 0.285. The lowest BCUT2D eigenvalue weighted by atomic mass is 10.1. The van der Waals surface area contributed by atoms with Crippen LogP contribution in [0.25, 0.3) is 0 Å². The molecule has 0 aliphatic heterocycles. The fourth-order valence-corrected chi connectivity index (χ4v) is 2.87. The van der Waals surface area contributed by atoms with Gasteiger partial charge in [-0.3, -0.25) is 0 Å². The third kappa shape index (κ3) is 3.31. The van der Waals surface area contributed by atoms with Gasteiger partial charge in [0.05, 0.1) is 18.7 Å². The van der Waals surface area contributed by atoms with Gasteiger partial charge in [-0.1, -0.05) is 22.0 Å². The van der Waals surface area contributed by atoms with Gasteiger partial charge in [0, 0.05) is 10.2 Å². The van der Waals surface area contributed by atoms with E-state index < -0.39 is 0 Å². The van der Waals surface area contributed by atoms with Gasteiger partial charge in [-0.25, -0.2) is 4.39 Å². The van der Waals surface area contributed by atoms with Crippen LogP contribution in [0, 0.1) is 12.7 Å². The van der Waals surface area contributed by atoms with Crippen molar-refractivity contribution in [2.45, 2.75) is 19.9 Å². The molecule has 0 saturated heterocycles. The van der Waals surface area contributed by atoms with E-state index >= 15 is 0 Å². The molecule has 2 nitrogen and oxygen atoms in total. The second-order valence-electron chi connectivity index (χ2n) is 4.74. The lowest BCUT2D eigenvalue weighted by Crippen LogP contribution is -2.10. The predicted molar refractivity (Wildman–Crippen MR) is 83.9 cm³/mol. The second-order valence-corrected chi connectivity index (χ2v) is 5.65. The molecule has 1 unspecified atom stereocenters. The van der Waals surface area contributed by atoms with Crippen molar-refractivity contribution in [1.29, 1.82) is 0 Å². The zero-order chi connectivity index (χ0) is 14.7. The van der Waals surface area contributed by atoms with Gasteiger partial charge < -0.3 is 10.1 Å². The van der Waals surface area contributed by atoms with Crippen molar-refractivity contribution in [3.8, 4) is 5.75 Å². The molecule has 0 bridgehead atoms. The van der Waals surface area contributed by atoms with Crippen LogP contribution in [0.3, 0.4) is 0 Å². The highest BCUT2D eigenvalue weighted by Crippen LogP contribution is 2.31. The number of methoxy groups -OCH3 is 1. The molecular formula is C16H17BrFNO. The van der Waals surface area contributed by atoms with Gasteiger partial charge in [0.2, 0.25) is 0 Å². The van der Waals surface area contributed by atoms with E-state index in [1.807, 2.05) is 32.0 Å². The molecule has 106 valence electrons. The minimum absolute atomic E-state index is 0.195. The van der Waals surface area contributed by atoms with Gasteiger partial charge in [-0.15, -0.1) is 0 Å². The van der Waals surface area contributed by atoms with Crippen molar-refractivity contribution < 1.29 is 9.13 Å². The minimum Gasteiger partial charge on any atom is -0.496 e. The molecule has 2 rings (SSSR count). The fourth-order valence-electron chi connectivity index (χ4n) is 2.26. The minimum atomic E-state index is -0.268. The van der Waals surface area contributed by atoms with E-state index in [-0.39, 0.29) is 11.9 Å². The Morgan fingerprint density at radius 3 is 2.65 bits per heavy atom. The summed E-state index contributed by atoms with van der Waals surface area (Å²) in [5.41, 5.74) is 2.61. The summed E-state index contributed by atoms with van der Waals surface area (Å²) in [6, 6.07) is 10.7. The molecule has 0 spiro atoms. The molecule has 2 aromatic carbocycles. The van der Waals surface area contributed by atoms with Crippen molar-refractivity contribution in [2.24, 2.45) is 0 Å². The van der Waals surface area contributed by atoms with Crippen LogP contribution in [-0.2, 0) is 0 Å². The summed E-state index contributed by atoms with van der Waals surface area (Å²) in [4.78, 5) is 0. The zero-order valence-electron chi connectivity index (χ0n) is 11.7. The number of nitrogens with one attached hydrogen (secondary N) is 1. The van der Waals surface area contributed by atoms with Crippen molar-refractivity contribution >= 4 is 21.6 Å². The second kappa shape index (κ2) is 6.27. The number of ether oxygens (including phenoxy) is 1. The average Bonchev–Trinajstić information content (AvgIpc) is 2.36. The Hall–Kier alpha value is -1.55. The molecule has 0 aromatic heterocycles. The van der Waals surface area contributed by atoms with Crippen LogP contribution in [0.15, 0.2) is 40.9 Å². The molecule has 20 heavy (non-hydrogen) atoms. The molecule has 1 atom stereocenters. The van der Waals surface area contributed by atoms with E-state index in [2.05, 4.69) is 21.2 Å². The van der Waals surface area contributed by atoms with Crippen LogP contribution in [0.4, 0.5) is 10.1 Å². The van der Waals surface area contributed by atoms with Crippen molar-refractivity contribution in [2.75, 3.05) is 12.4 Å². The average molecular weight is 338 g/mol. The number of hydrogen-bond donors (Lipinski definition) is 1. The first kappa shape index (κ1) is 14.9. The topological polar surface area (TPSA) is 21.3 Å². The standard InChI is InChI=1S/C16H17BrFNO/c1-10-7-12(17)9-13(8-10)19-11(2)16-14(18)5-4-6-15(16)20-3/h4-9,11,19H,1-3H3. The summed E-state index contributed by atoms with van der Waals surface area (Å²) in [5, 5.41) is 3.31. The Balaban J connectivity index is 2.30. The summed E-state index contributed by atoms with van der Waals surface area (Å²) in [6.45, 7) is 3.93. The maximum atomic E-state index is 14.0. The summed E-state index contributed by atoms with van der Waals surface area (Å²) in [7, 11) is 1.55. The first-order valence-electron chi connectivity index (χ1n) is 6.37. The molecular weight excluding hydrogens is 321 g/mol. The van der Waals surface area contributed by atoms with Gasteiger partial charge in [0.1, 0.15) is 11.6 Å². The predicted octanol–water partition coefficient (Wildman–Crippen LogP) is 5.08. The molecule has 4 heteroatoms. The first-order valence-corrected chi connectivity index (χ1v) is 7.16. The number of benzene rings is 2. The highest BCUT2D eigenvalue weighted by Gasteiger charge is 2.16. The van der Waals surface area contributed by atoms with Gasteiger partial charge >= 0.3 is 0 Å². The summed E-state index contributed by atoms with van der Waals surface area (Å²) >= 11 is 3.46. The Bertz CT molecular complexity index is 595. The molecule has 0 aliphatic rings. The van der Waals surface area contributed by atoms with Gasteiger partial charge in [-0.05, 0) is 49.7 Å². The van der Waals surface area contributed by atoms with Crippen molar-refractivity contribution in [3.63, 3.8) is 0 Å². The molecule has 0 heterocycles. The third-order valence-corrected chi connectivity index (χ3v) is 3.55. The van der Waals surface area contributed by atoms with Crippen molar-refractivity contribution in [1.82, 2.24) is 0 Å². The largest absolute Gasteiger partial charge is 0.496 e. The maximum Gasteiger partial charge on any atom is 0.132 e. The number of halogens is 2. The van der Waals surface area contributed by atoms with Crippen LogP contribution in [-0.4, -0.2) is 7.11 Å². The van der Waals surface area contributed by atoms with Crippen LogP contribution in [0.5, 0.6) is 5.75 Å². The van der Waals surface area contributed by atoms with E-state index in [1.54, 1.807) is 19.2 Å². The number of hydrogen-bond acceptors (Lipinski definition) is 2. The number of rotatable bonds is 4. The fraction of sp³-hybridized carbons (Fsp3) is 0.250. The summed E-state index contributed by atoms with van der Waals surface area (Å²) < 4.78 is 20.3. The highest BCUT2D eigenvalue weighted by molar-refractivity contribution is 9.10. The van der Waals surface area contributed by atoms with Crippen LogP contribution < -0.4 is 10.1 Å². The molecule has 0 saturated carbocycles. The monoisotopic (exact) mass is 337 g/mol. The summed E-state index contributed by atoms with van der Waals surface area (Å²) in [6.07, 6.45) is 0. The number of aryl methyl sites for hydroxylation is 1. The van der Waals surface area contributed by atoms with E-state index in [9.17, 15) is 4.39 Å². The number of anilines is 1. The molecule has 0 radical (unpaired) electrons. The Morgan fingerprint density at radius 2 is 2.00 bits per heavy atom. The van der Waals surface area contributed by atoms with Crippen LogP contribution >= 0.6 is 15.9 Å². The smallest absolute Gasteiger partial charge is 0.132 e. The highest BCUT2D eigenvalue weighted by atomic mass is 79.9. The van der Waals surface area contributed by atoms with E-state index in [1.165, 1.54) is 6.07 Å². The molecule has 2 aromatic rings. The lowest BCUT2D eigenvalue weighted by Gasteiger charge is -2.19. The van der Waals surface area contributed by atoms with Gasteiger partial charge in [0.25, 0.3) is 0 Å². The van der Waals surface area contributed by atoms with Crippen LogP contribution in [0.1, 0.15) is 24.1 Å². The maximum absolute atomic E-state index is 14.0. The Morgan fingerprint density at radius 1 is 1.25 bits per heavy atom. The third-order valence-electron chi connectivity index (χ3n) is 3.09. The Kier molecular flexibility index (Phi) is 4.65. The SMILES string of the molecule is COc1cccc(F)c1C(C)Nc1cc(C)cc(Br)c1. The quantitative estimate of drug-likeness (QED) is 0.840. The van der Waals surface area contributed by atoms with Crippen molar-refractivity contribution in [3.05, 3.63) is 57.8 Å². The molecule has 1 N–H and O–H groups in total. The zero-order valence-corrected chi connectivity index (χ0v) is 13.3. The van der Waals surface area contributed by atoms with E-state index in [0.29, 0.717) is 11.3 Å². The first-order chi connectivity index (χ1) is 9.51. The molecule has 0 aliphatic carbocycles. The molecule has 0 fully saturated rings. The van der Waals surface area contributed by atoms with Gasteiger partial charge in [0.15, 0.2) is 0 Å². The van der Waals surface area contributed by atoms with Gasteiger partial charge in [-0.2, -0.15) is 0 Å². The molecule has 0 amide bonds. The van der Waals surface area contributed by atoms with Crippen LogP contribution in [0.2, 0.25) is 0 Å². The normalized spacial score (nSPS) is 12.1.